The van der Waals surface area contributed by atoms with E-state index in [9.17, 15) is 0 Å². The monoisotopic (exact) mass is 747 g/mol. The molecule has 4 heterocycles. The van der Waals surface area contributed by atoms with Crippen LogP contribution in [-0.4, -0.2) is 15.0 Å². The van der Waals surface area contributed by atoms with Crippen molar-refractivity contribution in [3.8, 4) is 56.4 Å². The molecule has 5 nitrogen and oxygen atoms in total. The molecule has 0 aliphatic rings. The summed E-state index contributed by atoms with van der Waals surface area (Å²) in [6.07, 6.45) is 0. The van der Waals surface area contributed by atoms with Gasteiger partial charge in [-0.3, -0.25) is 0 Å². The third-order valence-corrected chi connectivity index (χ3v) is 12.1. The molecule has 0 atom stereocenters. The highest BCUT2D eigenvalue weighted by atomic mass is 32.1. The first-order valence-electron chi connectivity index (χ1n) is 18.9. The van der Waals surface area contributed by atoms with Gasteiger partial charge in [-0.15, -0.1) is 11.3 Å². The van der Waals surface area contributed by atoms with E-state index in [-0.39, 0.29) is 0 Å². The van der Waals surface area contributed by atoms with Gasteiger partial charge < -0.3 is 8.83 Å². The third-order valence-electron chi connectivity index (χ3n) is 10.9. The summed E-state index contributed by atoms with van der Waals surface area (Å²) < 4.78 is 15.5. The van der Waals surface area contributed by atoms with Crippen molar-refractivity contribution in [3.05, 3.63) is 176 Å². The Kier molecular flexibility index (Phi) is 7.03. The highest BCUT2D eigenvalue weighted by molar-refractivity contribution is 7.26. The maximum absolute atomic E-state index is 6.70. The average Bonchev–Trinajstić information content (AvgIpc) is 3.97. The molecule has 0 saturated heterocycles. The van der Waals surface area contributed by atoms with Crippen molar-refractivity contribution >= 4 is 75.4 Å². The second kappa shape index (κ2) is 12.6. The fourth-order valence-electron chi connectivity index (χ4n) is 8.27. The van der Waals surface area contributed by atoms with Crippen LogP contribution in [0, 0.1) is 0 Å². The fourth-order valence-corrected chi connectivity index (χ4v) is 9.44. The maximum atomic E-state index is 6.70. The minimum atomic E-state index is 0.563. The van der Waals surface area contributed by atoms with E-state index in [2.05, 4.69) is 121 Å². The molecule has 57 heavy (non-hydrogen) atoms. The largest absolute Gasteiger partial charge is 0.456 e. The second-order valence-electron chi connectivity index (χ2n) is 14.3. The van der Waals surface area contributed by atoms with Crippen LogP contribution < -0.4 is 0 Å². The molecule has 6 heteroatoms. The summed E-state index contributed by atoms with van der Waals surface area (Å²) in [7, 11) is 0. The Bertz CT molecular complexity index is 3530. The molecule has 0 aliphatic carbocycles. The lowest BCUT2D eigenvalue weighted by Gasteiger charge is -2.11. The zero-order valence-electron chi connectivity index (χ0n) is 30.3. The topological polar surface area (TPSA) is 65.0 Å². The number of fused-ring (bicyclic) bond motifs is 9. The Hall–Kier alpha value is -7.41. The third kappa shape index (κ3) is 5.19. The molecular formula is C51H29N3O2S. The van der Waals surface area contributed by atoms with Crippen LogP contribution >= 0.6 is 11.3 Å². The van der Waals surface area contributed by atoms with E-state index >= 15 is 0 Å². The highest BCUT2D eigenvalue weighted by Crippen LogP contribution is 2.46. The Morgan fingerprint density at radius 3 is 1.67 bits per heavy atom. The number of nitrogens with zero attached hydrogens (tertiary/aromatic N) is 3. The van der Waals surface area contributed by atoms with Crippen molar-refractivity contribution in [2.24, 2.45) is 0 Å². The summed E-state index contributed by atoms with van der Waals surface area (Å²) in [5, 5.41) is 6.79. The number of thiophene rings is 1. The molecule has 0 spiro atoms. The van der Waals surface area contributed by atoms with Gasteiger partial charge >= 0.3 is 0 Å². The van der Waals surface area contributed by atoms with Crippen LogP contribution in [0.5, 0.6) is 0 Å². The summed E-state index contributed by atoms with van der Waals surface area (Å²) in [6, 6.07) is 61.0. The van der Waals surface area contributed by atoms with E-state index in [4.69, 9.17) is 23.8 Å². The molecule has 4 aromatic heterocycles. The normalized spacial score (nSPS) is 11.9. The fraction of sp³-hybridized carbons (Fsp3) is 0. The van der Waals surface area contributed by atoms with Crippen LogP contribution in [0.15, 0.2) is 185 Å². The smallest absolute Gasteiger partial charge is 0.164 e. The maximum Gasteiger partial charge on any atom is 0.164 e. The Morgan fingerprint density at radius 1 is 0.316 bits per heavy atom. The standard InChI is InChI=1S/C51H29N3O2S/c1-3-12-30(13-4-1)34-26-40(48-39-17-8-10-21-45(39)57-46(48)29-34)37-18-11-20-42-47(37)38-25-23-33(28-44(38)56-42)51-53-49(31-14-5-2-6-15-31)52-50(54-51)32-22-24-36-35-16-7-9-19-41(35)55-43(36)27-32/h1-29H. The van der Waals surface area contributed by atoms with Gasteiger partial charge in [-0.05, 0) is 76.9 Å². The summed E-state index contributed by atoms with van der Waals surface area (Å²) in [5.74, 6) is 1.73. The molecule has 0 amide bonds. The van der Waals surface area contributed by atoms with Crippen molar-refractivity contribution in [1.82, 2.24) is 15.0 Å². The number of furan rings is 2. The predicted octanol–water partition coefficient (Wildman–Crippen LogP) is 14.4. The number of aromatic nitrogens is 3. The zero-order valence-corrected chi connectivity index (χ0v) is 31.1. The number of hydrogen-bond donors (Lipinski definition) is 0. The van der Waals surface area contributed by atoms with E-state index in [0.717, 1.165) is 66.1 Å². The minimum absolute atomic E-state index is 0.563. The van der Waals surface area contributed by atoms with E-state index in [0.29, 0.717) is 17.5 Å². The first-order valence-corrected chi connectivity index (χ1v) is 19.7. The van der Waals surface area contributed by atoms with Gasteiger partial charge in [0.05, 0.1) is 0 Å². The molecule has 0 fully saturated rings. The number of para-hydroxylation sites is 1. The Morgan fingerprint density at radius 2 is 0.895 bits per heavy atom. The molecule has 12 rings (SSSR count). The average molecular weight is 748 g/mol. The van der Waals surface area contributed by atoms with Crippen LogP contribution in [-0.2, 0) is 0 Å². The van der Waals surface area contributed by atoms with E-state index < -0.39 is 0 Å². The van der Waals surface area contributed by atoms with Gasteiger partial charge in [0.15, 0.2) is 17.5 Å². The first-order chi connectivity index (χ1) is 28.2. The lowest BCUT2D eigenvalue weighted by molar-refractivity contribution is 0.668. The molecule has 0 saturated carbocycles. The van der Waals surface area contributed by atoms with Gasteiger partial charge in [0.2, 0.25) is 0 Å². The number of hydrogen-bond acceptors (Lipinski definition) is 6. The van der Waals surface area contributed by atoms with Crippen molar-refractivity contribution in [2.45, 2.75) is 0 Å². The lowest BCUT2D eigenvalue weighted by atomic mass is 9.92. The molecule has 0 bridgehead atoms. The van der Waals surface area contributed by atoms with Gasteiger partial charge in [-0.2, -0.15) is 0 Å². The van der Waals surface area contributed by atoms with E-state index in [1.807, 2.05) is 65.9 Å². The lowest BCUT2D eigenvalue weighted by Crippen LogP contribution is -2.00. The Labute approximate surface area is 330 Å². The Balaban J connectivity index is 1.04. The van der Waals surface area contributed by atoms with Crippen LogP contribution in [0.2, 0.25) is 0 Å². The molecule has 8 aromatic carbocycles. The van der Waals surface area contributed by atoms with Gasteiger partial charge in [0.25, 0.3) is 0 Å². The van der Waals surface area contributed by atoms with Crippen LogP contribution in [0.4, 0.5) is 0 Å². The number of benzene rings is 8. The van der Waals surface area contributed by atoms with Gasteiger partial charge in [0, 0.05) is 58.4 Å². The quantitative estimate of drug-likeness (QED) is 0.175. The van der Waals surface area contributed by atoms with E-state index in [1.54, 1.807) is 0 Å². The van der Waals surface area contributed by atoms with Crippen LogP contribution in [0.3, 0.4) is 0 Å². The zero-order chi connectivity index (χ0) is 37.5. The molecule has 0 N–H and O–H groups in total. The van der Waals surface area contributed by atoms with Crippen molar-refractivity contribution < 1.29 is 8.83 Å². The molecule has 0 unspecified atom stereocenters. The molecule has 266 valence electrons. The summed E-state index contributed by atoms with van der Waals surface area (Å²) >= 11 is 1.84. The number of rotatable bonds is 5. The van der Waals surface area contributed by atoms with Crippen molar-refractivity contribution in [1.29, 1.82) is 0 Å². The molecular weight excluding hydrogens is 719 g/mol. The molecule has 0 aliphatic heterocycles. The SMILES string of the molecule is c1ccc(-c2cc(-c3cccc4oc5cc(-c6nc(-c7ccccc7)nc(-c7ccc8c(c7)oc7ccccc78)n6)ccc5c34)c3c(c2)sc2ccccc23)cc1. The van der Waals surface area contributed by atoms with Crippen LogP contribution in [0.1, 0.15) is 0 Å². The summed E-state index contributed by atoms with van der Waals surface area (Å²) in [6.45, 7) is 0. The second-order valence-corrected chi connectivity index (χ2v) is 15.4. The van der Waals surface area contributed by atoms with Gasteiger partial charge in [0.1, 0.15) is 22.3 Å². The van der Waals surface area contributed by atoms with Crippen LogP contribution in [0.25, 0.3) is 120 Å². The highest BCUT2D eigenvalue weighted by Gasteiger charge is 2.20. The predicted molar refractivity (Wildman–Crippen MR) is 234 cm³/mol. The van der Waals surface area contributed by atoms with Gasteiger partial charge in [-0.25, -0.2) is 15.0 Å². The van der Waals surface area contributed by atoms with Crippen molar-refractivity contribution in [3.63, 3.8) is 0 Å². The minimum Gasteiger partial charge on any atom is -0.456 e. The summed E-state index contributed by atoms with van der Waals surface area (Å²) in [5.41, 5.74) is 10.6. The first kappa shape index (κ1) is 31.9. The van der Waals surface area contributed by atoms with Gasteiger partial charge in [-0.1, -0.05) is 121 Å². The molecule has 12 aromatic rings. The van der Waals surface area contributed by atoms with E-state index in [1.165, 1.54) is 36.9 Å². The summed E-state index contributed by atoms with van der Waals surface area (Å²) in [4.78, 5) is 15.1. The molecule has 0 radical (unpaired) electrons. The van der Waals surface area contributed by atoms with Crippen molar-refractivity contribution in [2.75, 3.05) is 0 Å².